The summed E-state index contributed by atoms with van der Waals surface area (Å²) in [4.78, 5) is 37.4. The van der Waals surface area contributed by atoms with Crippen molar-refractivity contribution in [3.05, 3.63) is 0 Å². The summed E-state index contributed by atoms with van der Waals surface area (Å²) in [5.41, 5.74) is -0.510. The SMILES string of the molecule is CC(=O)[C@@H]1CCCN1CC(=O)[C@H](C)NC(=O)C(C)(C)C. The molecule has 20 heavy (non-hydrogen) atoms. The van der Waals surface area contributed by atoms with Crippen LogP contribution in [0.5, 0.6) is 0 Å². The third-order valence-electron chi connectivity index (χ3n) is 3.70. The average Bonchev–Trinajstić information content (AvgIpc) is 2.75. The van der Waals surface area contributed by atoms with Crippen molar-refractivity contribution in [3.63, 3.8) is 0 Å². The lowest BCUT2D eigenvalue weighted by molar-refractivity contribution is -0.133. The normalized spacial score (nSPS) is 21.6. The maximum absolute atomic E-state index is 12.2. The standard InChI is InChI=1S/C15H26N2O3/c1-10(16-14(20)15(3,4)5)13(19)9-17-8-6-7-12(17)11(2)18/h10,12H,6-9H2,1-5H3,(H,16,20)/t10-,12-/m0/s1. The van der Waals surface area contributed by atoms with Gasteiger partial charge in [0.05, 0.1) is 18.6 Å². The molecule has 1 amide bonds. The van der Waals surface area contributed by atoms with Gasteiger partial charge in [0.15, 0.2) is 5.78 Å². The number of ketones is 2. The van der Waals surface area contributed by atoms with Gasteiger partial charge < -0.3 is 5.32 Å². The van der Waals surface area contributed by atoms with Gasteiger partial charge >= 0.3 is 0 Å². The van der Waals surface area contributed by atoms with Crippen LogP contribution in [-0.2, 0) is 14.4 Å². The number of nitrogens with one attached hydrogen (secondary N) is 1. The highest BCUT2D eigenvalue weighted by molar-refractivity contribution is 5.92. The molecule has 0 saturated carbocycles. The van der Waals surface area contributed by atoms with Crippen LogP contribution in [0.1, 0.15) is 47.5 Å². The first-order valence-electron chi connectivity index (χ1n) is 7.21. The molecule has 1 aliphatic heterocycles. The van der Waals surface area contributed by atoms with E-state index in [0.717, 1.165) is 19.4 Å². The second kappa shape index (κ2) is 6.48. The highest BCUT2D eigenvalue weighted by atomic mass is 16.2. The number of amides is 1. The van der Waals surface area contributed by atoms with E-state index in [1.807, 2.05) is 25.7 Å². The van der Waals surface area contributed by atoms with Crippen LogP contribution < -0.4 is 5.32 Å². The molecule has 0 aliphatic carbocycles. The Morgan fingerprint density at radius 2 is 1.90 bits per heavy atom. The Labute approximate surface area is 121 Å². The van der Waals surface area contributed by atoms with Gasteiger partial charge in [-0.05, 0) is 33.2 Å². The highest BCUT2D eigenvalue weighted by Crippen LogP contribution is 2.18. The Morgan fingerprint density at radius 1 is 1.30 bits per heavy atom. The molecule has 0 aromatic rings. The fourth-order valence-corrected chi connectivity index (χ4v) is 2.31. The van der Waals surface area contributed by atoms with Gasteiger partial charge in [-0.2, -0.15) is 0 Å². The monoisotopic (exact) mass is 282 g/mol. The summed E-state index contributed by atoms with van der Waals surface area (Å²) in [5.74, 6) is -0.0691. The zero-order chi connectivity index (χ0) is 15.5. The maximum atomic E-state index is 12.2. The lowest BCUT2D eigenvalue weighted by Crippen LogP contribution is -2.48. The molecular weight excluding hydrogens is 256 g/mol. The number of hydrogen-bond donors (Lipinski definition) is 1. The van der Waals surface area contributed by atoms with Crippen molar-refractivity contribution in [1.29, 1.82) is 0 Å². The predicted octanol–water partition coefficient (Wildman–Crippen LogP) is 1.16. The zero-order valence-electron chi connectivity index (χ0n) is 13.2. The smallest absolute Gasteiger partial charge is 0.225 e. The van der Waals surface area contributed by atoms with E-state index in [1.165, 1.54) is 0 Å². The van der Waals surface area contributed by atoms with Gasteiger partial charge in [-0.3, -0.25) is 19.3 Å². The molecule has 1 rings (SSSR count). The summed E-state index contributed by atoms with van der Waals surface area (Å²) in [7, 11) is 0. The largest absolute Gasteiger partial charge is 0.346 e. The van der Waals surface area contributed by atoms with Crippen molar-refractivity contribution in [3.8, 4) is 0 Å². The molecule has 1 saturated heterocycles. The van der Waals surface area contributed by atoms with E-state index < -0.39 is 11.5 Å². The van der Waals surface area contributed by atoms with Crippen LogP contribution in [0.15, 0.2) is 0 Å². The molecule has 5 nitrogen and oxygen atoms in total. The topological polar surface area (TPSA) is 66.5 Å². The molecular formula is C15H26N2O3. The van der Waals surface area contributed by atoms with E-state index >= 15 is 0 Å². The van der Waals surface area contributed by atoms with Gasteiger partial charge in [0.1, 0.15) is 5.78 Å². The number of hydrogen-bond acceptors (Lipinski definition) is 4. The minimum Gasteiger partial charge on any atom is -0.346 e. The molecule has 1 fully saturated rings. The Hall–Kier alpha value is -1.23. The van der Waals surface area contributed by atoms with Crippen LogP contribution in [0.3, 0.4) is 0 Å². The average molecular weight is 282 g/mol. The van der Waals surface area contributed by atoms with Crippen LogP contribution in [0, 0.1) is 5.41 Å². The van der Waals surface area contributed by atoms with Gasteiger partial charge in [-0.25, -0.2) is 0 Å². The molecule has 0 bridgehead atoms. The van der Waals surface area contributed by atoms with Crippen LogP contribution in [0.25, 0.3) is 0 Å². The van der Waals surface area contributed by atoms with Gasteiger partial charge in [-0.15, -0.1) is 0 Å². The number of carbonyl (C=O) groups excluding carboxylic acids is 3. The number of rotatable bonds is 5. The van der Waals surface area contributed by atoms with Crippen LogP contribution in [-0.4, -0.2) is 47.5 Å². The van der Waals surface area contributed by atoms with Gasteiger partial charge in [0, 0.05) is 5.41 Å². The molecule has 114 valence electrons. The minimum absolute atomic E-state index is 0.0456. The Kier molecular flexibility index (Phi) is 5.45. The Bertz CT molecular complexity index is 398. The molecule has 5 heteroatoms. The summed E-state index contributed by atoms with van der Waals surface area (Å²) >= 11 is 0. The van der Waals surface area contributed by atoms with Crippen molar-refractivity contribution < 1.29 is 14.4 Å². The van der Waals surface area contributed by atoms with E-state index in [4.69, 9.17) is 0 Å². The molecule has 0 aromatic carbocycles. The van der Waals surface area contributed by atoms with E-state index in [0.29, 0.717) is 0 Å². The summed E-state index contributed by atoms with van der Waals surface area (Å²) in [6.07, 6.45) is 1.77. The summed E-state index contributed by atoms with van der Waals surface area (Å²) in [6, 6.07) is -0.653. The molecule has 2 atom stereocenters. The first-order valence-corrected chi connectivity index (χ1v) is 7.21. The molecule has 0 radical (unpaired) electrons. The number of nitrogens with zero attached hydrogens (tertiary/aromatic N) is 1. The first kappa shape index (κ1) is 16.8. The zero-order valence-corrected chi connectivity index (χ0v) is 13.2. The van der Waals surface area contributed by atoms with E-state index in [2.05, 4.69) is 5.32 Å². The molecule has 0 aromatic heterocycles. The van der Waals surface area contributed by atoms with Gasteiger partial charge in [0.25, 0.3) is 0 Å². The summed E-state index contributed by atoms with van der Waals surface area (Å²) < 4.78 is 0. The van der Waals surface area contributed by atoms with Crippen molar-refractivity contribution in [2.24, 2.45) is 5.41 Å². The number of likely N-dealkylation sites (tertiary alicyclic amines) is 1. The fraction of sp³-hybridized carbons (Fsp3) is 0.800. The van der Waals surface area contributed by atoms with Gasteiger partial charge in [0.2, 0.25) is 5.91 Å². The Morgan fingerprint density at radius 3 is 2.40 bits per heavy atom. The second-order valence-corrected chi connectivity index (χ2v) is 6.65. The molecule has 0 spiro atoms. The van der Waals surface area contributed by atoms with Crippen LogP contribution >= 0.6 is 0 Å². The first-order chi connectivity index (χ1) is 9.12. The number of carbonyl (C=O) groups is 3. The lowest BCUT2D eigenvalue weighted by Gasteiger charge is -2.25. The predicted molar refractivity (Wildman–Crippen MR) is 77.3 cm³/mol. The quantitative estimate of drug-likeness (QED) is 0.821. The van der Waals surface area contributed by atoms with E-state index in [1.54, 1.807) is 13.8 Å². The van der Waals surface area contributed by atoms with Crippen LogP contribution in [0.2, 0.25) is 0 Å². The third-order valence-corrected chi connectivity index (χ3v) is 3.70. The maximum Gasteiger partial charge on any atom is 0.225 e. The summed E-state index contributed by atoms with van der Waals surface area (Å²) in [5, 5.41) is 2.74. The molecule has 1 heterocycles. The van der Waals surface area contributed by atoms with Crippen molar-refractivity contribution in [2.45, 2.75) is 59.5 Å². The Balaban J connectivity index is 2.54. The highest BCUT2D eigenvalue weighted by Gasteiger charge is 2.31. The molecule has 1 N–H and O–H groups in total. The lowest BCUT2D eigenvalue weighted by atomic mass is 9.95. The van der Waals surface area contributed by atoms with Crippen molar-refractivity contribution >= 4 is 17.5 Å². The van der Waals surface area contributed by atoms with E-state index in [9.17, 15) is 14.4 Å². The molecule has 1 aliphatic rings. The number of Topliss-reactive ketones (excluding diaryl/α,β-unsaturated/α-hetero) is 2. The van der Waals surface area contributed by atoms with E-state index in [-0.39, 0.29) is 30.1 Å². The van der Waals surface area contributed by atoms with Crippen molar-refractivity contribution in [2.75, 3.05) is 13.1 Å². The summed E-state index contributed by atoms with van der Waals surface area (Å²) in [6.45, 7) is 9.71. The van der Waals surface area contributed by atoms with Gasteiger partial charge in [-0.1, -0.05) is 20.8 Å². The fourth-order valence-electron chi connectivity index (χ4n) is 2.31. The third kappa shape index (κ3) is 4.40. The second-order valence-electron chi connectivity index (χ2n) is 6.65. The van der Waals surface area contributed by atoms with Crippen LogP contribution in [0.4, 0.5) is 0 Å². The minimum atomic E-state index is -0.519. The molecule has 0 unspecified atom stereocenters. The van der Waals surface area contributed by atoms with Crippen molar-refractivity contribution in [1.82, 2.24) is 10.2 Å².